The number of rotatable bonds is 5. The van der Waals surface area contributed by atoms with Gasteiger partial charge >= 0.3 is 0 Å². The summed E-state index contributed by atoms with van der Waals surface area (Å²) in [6, 6.07) is 65.1. The number of fused-ring (bicyclic) bond motifs is 5. The molecular formula is C48H30N2S. The molecule has 0 fully saturated rings. The minimum atomic E-state index is 0.713. The zero-order valence-corrected chi connectivity index (χ0v) is 28.4. The van der Waals surface area contributed by atoms with Gasteiger partial charge in [-0.3, -0.25) is 0 Å². The van der Waals surface area contributed by atoms with Crippen LogP contribution in [0.15, 0.2) is 182 Å². The quantitative estimate of drug-likeness (QED) is 0.135. The van der Waals surface area contributed by atoms with Crippen LogP contribution in [0.25, 0.3) is 97.9 Å². The zero-order valence-electron chi connectivity index (χ0n) is 27.6. The maximum Gasteiger partial charge on any atom is 0.160 e. The SMILES string of the molecule is c1ccc(-c2cccc(-c3cc(-c4cc5ccccc5s4)nc(-c4ccc(-c5c6ccccc6cc6c5ccc5ccccc56)cc4)n3)c2)cc1. The molecule has 2 aromatic heterocycles. The van der Waals surface area contributed by atoms with E-state index in [4.69, 9.17) is 9.97 Å². The number of hydrogen-bond acceptors (Lipinski definition) is 3. The van der Waals surface area contributed by atoms with Crippen LogP contribution in [0.3, 0.4) is 0 Å². The molecule has 0 N–H and O–H groups in total. The van der Waals surface area contributed by atoms with Crippen molar-refractivity contribution in [1.29, 1.82) is 0 Å². The normalized spacial score (nSPS) is 11.5. The maximum absolute atomic E-state index is 5.22. The van der Waals surface area contributed by atoms with E-state index < -0.39 is 0 Å². The summed E-state index contributed by atoms with van der Waals surface area (Å²) in [5.74, 6) is 0.713. The molecule has 0 bridgehead atoms. The van der Waals surface area contributed by atoms with Gasteiger partial charge in [-0.05, 0) is 90.3 Å². The summed E-state index contributed by atoms with van der Waals surface area (Å²) in [6.07, 6.45) is 0. The minimum Gasteiger partial charge on any atom is -0.228 e. The van der Waals surface area contributed by atoms with Crippen LogP contribution >= 0.6 is 11.3 Å². The molecule has 10 aromatic rings. The molecule has 51 heavy (non-hydrogen) atoms. The Bertz CT molecular complexity index is 2870. The van der Waals surface area contributed by atoms with E-state index in [1.165, 1.54) is 59.1 Å². The Morgan fingerprint density at radius 3 is 1.84 bits per heavy atom. The van der Waals surface area contributed by atoms with Crippen molar-refractivity contribution in [3.05, 3.63) is 182 Å². The van der Waals surface area contributed by atoms with Gasteiger partial charge in [-0.2, -0.15) is 0 Å². The van der Waals surface area contributed by atoms with Crippen molar-refractivity contribution in [1.82, 2.24) is 9.97 Å². The molecule has 0 saturated carbocycles. The number of nitrogens with zero attached hydrogens (tertiary/aromatic N) is 2. The Labute approximate surface area is 300 Å². The molecule has 8 aromatic carbocycles. The molecule has 0 aliphatic carbocycles. The van der Waals surface area contributed by atoms with Gasteiger partial charge in [-0.25, -0.2) is 9.97 Å². The molecular weight excluding hydrogens is 637 g/mol. The van der Waals surface area contributed by atoms with E-state index in [1.54, 1.807) is 11.3 Å². The lowest BCUT2D eigenvalue weighted by molar-refractivity contribution is 1.19. The second-order valence-corrected chi connectivity index (χ2v) is 14.1. The Kier molecular flexibility index (Phi) is 7.04. The highest BCUT2D eigenvalue weighted by Crippen LogP contribution is 2.40. The first kappa shape index (κ1) is 29.5. The molecule has 0 aliphatic heterocycles. The lowest BCUT2D eigenvalue weighted by atomic mass is 9.89. The molecule has 0 aliphatic rings. The number of benzene rings is 8. The second kappa shape index (κ2) is 12.2. The fourth-order valence-corrected chi connectivity index (χ4v) is 8.39. The van der Waals surface area contributed by atoms with Crippen molar-refractivity contribution >= 4 is 53.7 Å². The summed E-state index contributed by atoms with van der Waals surface area (Å²) < 4.78 is 1.25. The van der Waals surface area contributed by atoms with Crippen molar-refractivity contribution in [2.45, 2.75) is 0 Å². The maximum atomic E-state index is 5.22. The van der Waals surface area contributed by atoms with Gasteiger partial charge in [0, 0.05) is 15.8 Å². The van der Waals surface area contributed by atoms with Crippen molar-refractivity contribution in [2.75, 3.05) is 0 Å². The van der Waals surface area contributed by atoms with Gasteiger partial charge in [0.05, 0.1) is 16.3 Å². The van der Waals surface area contributed by atoms with Crippen LogP contribution < -0.4 is 0 Å². The molecule has 2 heterocycles. The molecule has 0 saturated heterocycles. The lowest BCUT2D eigenvalue weighted by Crippen LogP contribution is -1.95. The largest absolute Gasteiger partial charge is 0.228 e. The fraction of sp³-hybridized carbons (Fsp3) is 0. The van der Waals surface area contributed by atoms with Gasteiger partial charge < -0.3 is 0 Å². The highest BCUT2D eigenvalue weighted by molar-refractivity contribution is 7.22. The van der Waals surface area contributed by atoms with Crippen LogP contribution in [-0.4, -0.2) is 9.97 Å². The molecule has 2 nitrogen and oxygen atoms in total. The highest BCUT2D eigenvalue weighted by Gasteiger charge is 2.16. The third-order valence-corrected chi connectivity index (χ3v) is 11.0. The number of thiophene rings is 1. The molecule has 10 rings (SSSR count). The standard InChI is InChI=1S/C48H30N2S/c1-2-11-31(12-3-1)35-16-10-17-37(27-35)43-30-44(46-29-38-15-6-9-20-45(38)51-46)50-48(49-43)34-23-21-33(22-24-34)47-40-19-8-5-14-36(40)28-42-39-18-7-4-13-32(39)25-26-41(42)47/h1-30H. The number of hydrogen-bond donors (Lipinski definition) is 0. The van der Waals surface area contributed by atoms with E-state index >= 15 is 0 Å². The smallest absolute Gasteiger partial charge is 0.160 e. The highest BCUT2D eigenvalue weighted by atomic mass is 32.1. The van der Waals surface area contributed by atoms with Crippen molar-refractivity contribution in [3.63, 3.8) is 0 Å². The van der Waals surface area contributed by atoms with Gasteiger partial charge in [-0.1, -0.05) is 152 Å². The molecule has 0 spiro atoms. The van der Waals surface area contributed by atoms with E-state index in [0.717, 1.165) is 33.0 Å². The van der Waals surface area contributed by atoms with E-state index in [1.807, 2.05) is 0 Å². The summed E-state index contributed by atoms with van der Waals surface area (Å²) in [5.41, 5.74) is 8.65. The molecule has 3 heteroatoms. The van der Waals surface area contributed by atoms with Gasteiger partial charge in [0.1, 0.15) is 0 Å². The predicted octanol–water partition coefficient (Wildman–Crippen LogP) is 13.5. The minimum absolute atomic E-state index is 0.713. The third-order valence-electron chi connectivity index (χ3n) is 9.87. The Balaban J connectivity index is 1.13. The molecule has 0 unspecified atom stereocenters. The van der Waals surface area contributed by atoms with E-state index in [0.29, 0.717) is 5.82 Å². The van der Waals surface area contributed by atoms with E-state index in [2.05, 4.69) is 182 Å². The first-order chi connectivity index (χ1) is 25.2. The lowest BCUT2D eigenvalue weighted by Gasteiger charge is -2.14. The number of aromatic nitrogens is 2. The summed E-state index contributed by atoms with van der Waals surface area (Å²) in [6.45, 7) is 0. The molecule has 0 radical (unpaired) electrons. The van der Waals surface area contributed by atoms with Gasteiger partial charge in [0.15, 0.2) is 5.82 Å². The first-order valence-electron chi connectivity index (χ1n) is 17.2. The predicted molar refractivity (Wildman–Crippen MR) is 217 cm³/mol. The van der Waals surface area contributed by atoms with Crippen molar-refractivity contribution in [3.8, 4) is 55.5 Å². The summed E-state index contributed by atoms with van der Waals surface area (Å²) in [5, 5.41) is 8.76. The van der Waals surface area contributed by atoms with Crippen LogP contribution in [0.5, 0.6) is 0 Å². The third kappa shape index (κ3) is 5.27. The molecule has 0 atom stereocenters. The average molecular weight is 667 g/mol. The van der Waals surface area contributed by atoms with Gasteiger partial charge in [-0.15, -0.1) is 11.3 Å². The Morgan fingerprint density at radius 2 is 1.00 bits per heavy atom. The van der Waals surface area contributed by atoms with E-state index in [-0.39, 0.29) is 0 Å². The van der Waals surface area contributed by atoms with Crippen LogP contribution in [0, 0.1) is 0 Å². The average Bonchev–Trinajstić information content (AvgIpc) is 3.65. The first-order valence-corrected chi connectivity index (χ1v) is 18.0. The van der Waals surface area contributed by atoms with Crippen LogP contribution in [-0.2, 0) is 0 Å². The monoisotopic (exact) mass is 666 g/mol. The van der Waals surface area contributed by atoms with Crippen LogP contribution in [0.1, 0.15) is 0 Å². The van der Waals surface area contributed by atoms with Crippen molar-refractivity contribution in [2.24, 2.45) is 0 Å². The van der Waals surface area contributed by atoms with Crippen molar-refractivity contribution < 1.29 is 0 Å². The van der Waals surface area contributed by atoms with Crippen LogP contribution in [0.4, 0.5) is 0 Å². The molecule has 238 valence electrons. The second-order valence-electron chi connectivity index (χ2n) is 13.0. The fourth-order valence-electron chi connectivity index (χ4n) is 7.36. The summed E-state index contributed by atoms with van der Waals surface area (Å²) in [4.78, 5) is 11.6. The summed E-state index contributed by atoms with van der Waals surface area (Å²) >= 11 is 1.77. The van der Waals surface area contributed by atoms with Gasteiger partial charge in [0.25, 0.3) is 0 Å². The molecule has 0 amide bonds. The Hall–Kier alpha value is -6.42. The topological polar surface area (TPSA) is 25.8 Å². The van der Waals surface area contributed by atoms with E-state index in [9.17, 15) is 0 Å². The summed E-state index contributed by atoms with van der Waals surface area (Å²) in [7, 11) is 0. The van der Waals surface area contributed by atoms with Crippen LogP contribution in [0.2, 0.25) is 0 Å². The Morgan fingerprint density at radius 1 is 0.333 bits per heavy atom. The van der Waals surface area contributed by atoms with Gasteiger partial charge in [0.2, 0.25) is 0 Å². The zero-order chi connectivity index (χ0) is 33.7.